The molecule has 0 aromatic heterocycles. The van der Waals surface area contributed by atoms with Crippen LogP contribution in [0.5, 0.6) is 0 Å². The summed E-state index contributed by atoms with van der Waals surface area (Å²) in [6.45, 7) is 12.0. The third-order valence-corrected chi connectivity index (χ3v) is 5.10. The molecule has 1 amide bonds. The molecule has 0 bridgehead atoms. The first-order valence-corrected chi connectivity index (χ1v) is 9.96. The molecule has 3 nitrogen and oxygen atoms in total. The van der Waals surface area contributed by atoms with Crippen molar-refractivity contribution in [3.63, 3.8) is 0 Å². The summed E-state index contributed by atoms with van der Waals surface area (Å²) in [6, 6.07) is 7.59. The first-order chi connectivity index (χ1) is 13.7. The van der Waals surface area contributed by atoms with E-state index in [2.05, 4.69) is 42.3 Å². The number of aryl methyl sites for hydroxylation is 3. The number of nitrogens with one attached hydrogen (secondary N) is 1. The summed E-state index contributed by atoms with van der Waals surface area (Å²) < 4.78 is 26.7. The van der Waals surface area contributed by atoms with Gasteiger partial charge in [-0.25, -0.2) is 8.78 Å². The zero-order valence-corrected chi connectivity index (χ0v) is 17.9. The minimum Gasteiger partial charge on any atom is -0.368 e. The Hall–Kier alpha value is -2.69. The molecule has 5 heteroatoms. The number of benzene rings is 2. The average Bonchev–Trinajstić information content (AvgIpc) is 2.67. The highest BCUT2D eigenvalue weighted by molar-refractivity contribution is 5.93. The summed E-state index contributed by atoms with van der Waals surface area (Å²) in [5.74, 6) is -1.43. The SMILES string of the molecule is CC=C(C)CN(CC)c1cc(C)c(NC(=O)CCc2ccc(F)cc2F)c(C)c1. The Morgan fingerprint density at radius 2 is 1.79 bits per heavy atom. The van der Waals surface area contributed by atoms with Crippen LogP contribution >= 0.6 is 0 Å². The predicted octanol–water partition coefficient (Wildman–Crippen LogP) is 5.95. The molecular formula is C24H30F2N2O. The van der Waals surface area contributed by atoms with Crippen LogP contribution in [0, 0.1) is 25.5 Å². The fourth-order valence-electron chi connectivity index (χ4n) is 3.27. The number of carbonyl (C=O) groups is 1. The number of rotatable bonds is 8. The lowest BCUT2D eigenvalue weighted by Crippen LogP contribution is -2.25. The number of halogens is 2. The van der Waals surface area contributed by atoms with E-state index in [1.807, 2.05) is 20.8 Å². The highest BCUT2D eigenvalue weighted by Crippen LogP contribution is 2.28. The molecule has 0 spiro atoms. The number of nitrogens with zero attached hydrogens (tertiary/aromatic N) is 1. The Morgan fingerprint density at radius 1 is 1.14 bits per heavy atom. The van der Waals surface area contributed by atoms with Crippen molar-refractivity contribution in [2.24, 2.45) is 0 Å². The molecule has 0 saturated heterocycles. The molecule has 1 N–H and O–H groups in total. The number of hydrogen-bond acceptors (Lipinski definition) is 2. The van der Waals surface area contributed by atoms with Crippen molar-refractivity contribution < 1.29 is 13.6 Å². The van der Waals surface area contributed by atoms with E-state index in [0.29, 0.717) is 5.56 Å². The molecule has 2 aromatic rings. The van der Waals surface area contributed by atoms with E-state index >= 15 is 0 Å². The molecule has 0 aliphatic heterocycles. The smallest absolute Gasteiger partial charge is 0.224 e. The monoisotopic (exact) mass is 400 g/mol. The van der Waals surface area contributed by atoms with Gasteiger partial charge in [0.05, 0.1) is 0 Å². The molecule has 0 heterocycles. The fourth-order valence-corrected chi connectivity index (χ4v) is 3.27. The van der Waals surface area contributed by atoms with Gasteiger partial charge < -0.3 is 10.2 Å². The topological polar surface area (TPSA) is 32.3 Å². The molecule has 2 aromatic carbocycles. The van der Waals surface area contributed by atoms with Crippen LogP contribution in [-0.2, 0) is 11.2 Å². The molecule has 0 fully saturated rings. The van der Waals surface area contributed by atoms with Crippen molar-refractivity contribution in [1.82, 2.24) is 0 Å². The summed E-state index contributed by atoms with van der Waals surface area (Å²) in [7, 11) is 0. The van der Waals surface area contributed by atoms with Crippen LogP contribution in [0.3, 0.4) is 0 Å². The largest absolute Gasteiger partial charge is 0.368 e. The van der Waals surface area contributed by atoms with E-state index < -0.39 is 11.6 Å². The molecule has 0 aliphatic carbocycles. The highest BCUT2D eigenvalue weighted by Gasteiger charge is 2.13. The Morgan fingerprint density at radius 3 is 2.34 bits per heavy atom. The predicted molar refractivity (Wildman–Crippen MR) is 117 cm³/mol. The van der Waals surface area contributed by atoms with Crippen LogP contribution in [0.1, 0.15) is 43.9 Å². The molecule has 0 unspecified atom stereocenters. The van der Waals surface area contributed by atoms with Gasteiger partial charge in [0.25, 0.3) is 0 Å². The molecule has 156 valence electrons. The van der Waals surface area contributed by atoms with Gasteiger partial charge in [0.1, 0.15) is 11.6 Å². The van der Waals surface area contributed by atoms with Gasteiger partial charge in [-0.1, -0.05) is 17.7 Å². The second-order valence-corrected chi connectivity index (χ2v) is 7.39. The Kier molecular flexibility index (Phi) is 7.94. The Labute approximate surface area is 172 Å². The van der Waals surface area contributed by atoms with Crippen molar-refractivity contribution >= 4 is 17.3 Å². The maximum absolute atomic E-state index is 13.7. The maximum atomic E-state index is 13.7. The van der Waals surface area contributed by atoms with Crippen molar-refractivity contribution in [3.8, 4) is 0 Å². The van der Waals surface area contributed by atoms with E-state index in [0.717, 1.165) is 41.7 Å². The third kappa shape index (κ3) is 6.14. The fraction of sp³-hybridized carbons (Fsp3) is 0.375. The summed E-state index contributed by atoms with van der Waals surface area (Å²) in [4.78, 5) is 14.7. The normalized spacial score (nSPS) is 11.5. The molecule has 0 aliphatic rings. The minimum absolute atomic E-state index is 0.130. The van der Waals surface area contributed by atoms with E-state index in [4.69, 9.17) is 0 Å². The zero-order valence-electron chi connectivity index (χ0n) is 17.9. The minimum atomic E-state index is -0.620. The van der Waals surface area contributed by atoms with Crippen LogP contribution in [0.25, 0.3) is 0 Å². The highest BCUT2D eigenvalue weighted by atomic mass is 19.1. The number of hydrogen-bond donors (Lipinski definition) is 1. The number of carbonyl (C=O) groups excluding carboxylic acids is 1. The van der Waals surface area contributed by atoms with Gasteiger partial charge in [0.2, 0.25) is 5.91 Å². The van der Waals surface area contributed by atoms with Crippen LogP contribution in [-0.4, -0.2) is 19.0 Å². The van der Waals surface area contributed by atoms with Crippen molar-refractivity contribution in [3.05, 3.63) is 70.3 Å². The summed E-state index contributed by atoms with van der Waals surface area (Å²) >= 11 is 0. The third-order valence-electron chi connectivity index (χ3n) is 5.10. The number of anilines is 2. The van der Waals surface area contributed by atoms with Gasteiger partial charge in [-0.15, -0.1) is 0 Å². The summed E-state index contributed by atoms with van der Waals surface area (Å²) in [5, 5.41) is 2.95. The molecule has 2 rings (SSSR count). The van der Waals surface area contributed by atoms with Crippen LogP contribution in [0.4, 0.5) is 20.2 Å². The molecule has 0 saturated carbocycles. The lowest BCUT2D eigenvalue weighted by Gasteiger charge is -2.25. The molecule has 29 heavy (non-hydrogen) atoms. The van der Waals surface area contributed by atoms with Gasteiger partial charge >= 0.3 is 0 Å². The van der Waals surface area contributed by atoms with Crippen LogP contribution in [0.15, 0.2) is 42.0 Å². The first-order valence-electron chi connectivity index (χ1n) is 9.96. The summed E-state index contributed by atoms with van der Waals surface area (Å²) in [5.41, 5.74) is 5.51. The van der Waals surface area contributed by atoms with Crippen LogP contribution in [0.2, 0.25) is 0 Å². The van der Waals surface area contributed by atoms with Crippen molar-refractivity contribution in [1.29, 1.82) is 0 Å². The Bertz CT molecular complexity index is 883. The van der Waals surface area contributed by atoms with Gasteiger partial charge in [-0.05, 0) is 75.9 Å². The first kappa shape index (κ1) is 22.6. The zero-order chi connectivity index (χ0) is 21.6. The lowest BCUT2D eigenvalue weighted by molar-refractivity contribution is -0.116. The van der Waals surface area contributed by atoms with E-state index in [9.17, 15) is 13.6 Å². The van der Waals surface area contributed by atoms with Crippen LogP contribution < -0.4 is 10.2 Å². The van der Waals surface area contributed by atoms with E-state index in [1.165, 1.54) is 17.7 Å². The Balaban J connectivity index is 2.09. The van der Waals surface area contributed by atoms with Crippen molar-refractivity contribution in [2.75, 3.05) is 23.3 Å². The van der Waals surface area contributed by atoms with Gasteiger partial charge in [-0.3, -0.25) is 4.79 Å². The molecule has 0 atom stereocenters. The summed E-state index contributed by atoms with van der Waals surface area (Å²) in [6.07, 6.45) is 2.46. The number of allylic oxidation sites excluding steroid dienone is 1. The van der Waals surface area contributed by atoms with Gasteiger partial charge in [0.15, 0.2) is 0 Å². The number of likely N-dealkylation sites (N-methyl/N-ethyl adjacent to an activating group) is 1. The second kappa shape index (κ2) is 10.2. The van der Waals surface area contributed by atoms with E-state index in [1.54, 1.807) is 0 Å². The quantitative estimate of drug-likeness (QED) is 0.556. The van der Waals surface area contributed by atoms with Gasteiger partial charge in [0, 0.05) is 37.0 Å². The molecular weight excluding hydrogens is 370 g/mol. The van der Waals surface area contributed by atoms with Crippen molar-refractivity contribution in [2.45, 2.75) is 47.5 Å². The lowest BCUT2D eigenvalue weighted by atomic mass is 10.1. The maximum Gasteiger partial charge on any atom is 0.224 e. The average molecular weight is 401 g/mol. The number of amides is 1. The second-order valence-electron chi connectivity index (χ2n) is 7.39. The molecule has 0 radical (unpaired) electrons. The van der Waals surface area contributed by atoms with E-state index in [-0.39, 0.29) is 18.7 Å². The standard InChI is InChI=1S/C24H30F2N2O/c1-6-16(3)15-28(7-2)21-12-17(4)24(18(5)13-21)27-23(29)11-9-19-8-10-20(25)14-22(19)26/h6,8,10,12-14H,7,9,11,15H2,1-5H3,(H,27,29). The van der Waals surface area contributed by atoms with Gasteiger partial charge in [-0.2, -0.15) is 0 Å².